The van der Waals surface area contributed by atoms with Crippen LogP contribution in [0.2, 0.25) is 0 Å². The number of halogens is 3. The highest BCUT2D eigenvalue weighted by Crippen LogP contribution is 2.13. The Bertz CT molecular complexity index is 429. The Morgan fingerprint density at radius 3 is 1.95 bits per heavy atom. The van der Waals surface area contributed by atoms with Crippen molar-refractivity contribution >= 4 is 23.7 Å². The lowest BCUT2D eigenvalue weighted by Crippen LogP contribution is -2.67. The van der Waals surface area contributed by atoms with Gasteiger partial charge in [-0.25, -0.2) is 10.2 Å². The molecule has 0 saturated carbocycles. The fourth-order valence-electron chi connectivity index (χ4n) is 0.953. The topological polar surface area (TPSA) is 131 Å². The van der Waals surface area contributed by atoms with Gasteiger partial charge < -0.3 is 5.11 Å². The number of nitrogens with zero attached hydrogens (tertiary/aromatic N) is 1. The average Bonchev–Trinajstić information content (AvgIpc) is 2.66. The molecule has 11 heteroatoms. The number of carbonyl (C=O) groups excluding carboxylic acids is 3. The number of aliphatic carboxylic acids is 1. The van der Waals surface area contributed by atoms with Gasteiger partial charge in [0.05, 0.1) is 0 Å². The van der Waals surface area contributed by atoms with Gasteiger partial charge in [0.2, 0.25) is 0 Å². The third-order valence-corrected chi connectivity index (χ3v) is 1.90. The van der Waals surface area contributed by atoms with Gasteiger partial charge in [0.1, 0.15) is 0 Å². The zero-order valence-corrected chi connectivity index (χ0v) is 9.94. The lowest BCUT2D eigenvalue weighted by Gasteiger charge is -2.11. The summed E-state index contributed by atoms with van der Waals surface area (Å²) >= 11 is 0. The monoisotopic (exact) mass is 298 g/mol. The van der Waals surface area contributed by atoms with Gasteiger partial charge >= 0.3 is 12.1 Å². The first kappa shape index (κ1) is 17.6. The van der Waals surface area contributed by atoms with Crippen molar-refractivity contribution in [1.29, 1.82) is 0 Å². The zero-order valence-electron chi connectivity index (χ0n) is 9.94. The van der Waals surface area contributed by atoms with Gasteiger partial charge in [0.25, 0.3) is 17.7 Å². The number of carbonyl (C=O) groups is 4. The molecule has 0 bridgehead atoms. The fourth-order valence-corrected chi connectivity index (χ4v) is 0.953. The zero-order chi connectivity index (χ0) is 15.9. The second-order valence-corrected chi connectivity index (χ2v) is 3.31. The molecule has 1 aliphatic rings. The number of imide groups is 1. The van der Waals surface area contributed by atoms with Crippen molar-refractivity contribution < 1.29 is 43.3 Å². The summed E-state index contributed by atoms with van der Waals surface area (Å²) in [5, 5.41) is 7.12. The summed E-state index contributed by atoms with van der Waals surface area (Å²) in [6.45, 7) is 0.103. The Kier molecular flexibility index (Phi) is 6.35. The lowest BCUT2D eigenvalue weighted by atomic mass is 10.4. The number of rotatable bonds is 3. The van der Waals surface area contributed by atoms with Crippen LogP contribution in [0.25, 0.3) is 0 Å². The predicted molar refractivity (Wildman–Crippen MR) is 55.2 cm³/mol. The van der Waals surface area contributed by atoms with Crippen molar-refractivity contribution in [1.82, 2.24) is 10.3 Å². The molecular formula is C9H11F3N3O5+. The molecule has 1 aliphatic heterocycles. The van der Waals surface area contributed by atoms with Crippen molar-refractivity contribution in [3.63, 3.8) is 0 Å². The fraction of sp³-hybridized carbons (Fsp3) is 0.333. The molecule has 0 unspecified atom stereocenters. The number of carboxylic acid groups (broad SMARTS) is 1. The summed E-state index contributed by atoms with van der Waals surface area (Å²) in [6, 6.07) is 0. The van der Waals surface area contributed by atoms with Crippen molar-refractivity contribution in [2.24, 2.45) is 0 Å². The maximum Gasteiger partial charge on any atom is 0.490 e. The van der Waals surface area contributed by atoms with E-state index in [0.29, 0.717) is 0 Å². The highest BCUT2D eigenvalue weighted by atomic mass is 19.4. The van der Waals surface area contributed by atoms with Crippen LogP contribution in [0.1, 0.15) is 6.42 Å². The minimum absolute atomic E-state index is 0.0860. The third-order valence-electron chi connectivity index (χ3n) is 1.90. The van der Waals surface area contributed by atoms with E-state index in [1.165, 1.54) is 12.2 Å². The van der Waals surface area contributed by atoms with Gasteiger partial charge in [-0.3, -0.25) is 25.1 Å². The molecule has 1 rings (SSSR count). The summed E-state index contributed by atoms with van der Waals surface area (Å²) in [5.74, 6) is -0.637. The summed E-state index contributed by atoms with van der Waals surface area (Å²) in [4.78, 5) is 42.6. The SMILES string of the molecule is O=C(O)C(F)(F)F.[NH3+]NC(=O)CCN1C(=O)C=CC1=O. The predicted octanol–water partition coefficient (Wildman–Crippen LogP) is -1.79. The van der Waals surface area contributed by atoms with Crippen LogP contribution in [0.3, 0.4) is 0 Å². The van der Waals surface area contributed by atoms with Crippen LogP contribution in [0, 0.1) is 0 Å². The van der Waals surface area contributed by atoms with Crippen LogP contribution in [0.5, 0.6) is 0 Å². The van der Waals surface area contributed by atoms with Gasteiger partial charge in [-0.1, -0.05) is 0 Å². The molecule has 0 aromatic heterocycles. The van der Waals surface area contributed by atoms with Gasteiger partial charge in [-0.05, 0) is 0 Å². The molecule has 8 nitrogen and oxygen atoms in total. The first-order chi connectivity index (χ1) is 9.09. The van der Waals surface area contributed by atoms with Crippen LogP contribution < -0.4 is 11.3 Å². The van der Waals surface area contributed by atoms with Crippen LogP contribution in [-0.2, 0) is 19.2 Å². The number of nitrogens with one attached hydrogen (secondary N) is 1. The van der Waals surface area contributed by atoms with Crippen LogP contribution in [0.4, 0.5) is 13.2 Å². The second kappa shape index (κ2) is 7.23. The van der Waals surface area contributed by atoms with Crippen LogP contribution in [0.15, 0.2) is 12.2 Å². The highest BCUT2D eigenvalue weighted by molar-refractivity contribution is 6.13. The Balaban J connectivity index is 0.000000441. The minimum Gasteiger partial charge on any atom is -0.475 e. The van der Waals surface area contributed by atoms with E-state index in [0.717, 1.165) is 4.90 Å². The van der Waals surface area contributed by atoms with E-state index >= 15 is 0 Å². The summed E-state index contributed by atoms with van der Waals surface area (Å²) in [5.41, 5.74) is 2.16. The molecule has 20 heavy (non-hydrogen) atoms. The van der Waals surface area contributed by atoms with Crippen LogP contribution in [-0.4, -0.2) is 46.4 Å². The molecule has 0 spiro atoms. The molecule has 112 valence electrons. The van der Waals surface area contributed by atoms with Gasteiger partial charge in [-0.2, -0.15) is 13.2 Å². The van der Waals surface area contributed by atoms with E-state index in [9.17, 15) is 27.6 Å². The molecule has 1 heterocycles. The first-order valence-corrected chi connectivity index (χ1v) is 4.99. The Hall–Kier alpha value is -2.43. The van der Waals surface area contributed by atoms with Crippen molar-refractivity contribution in [3.8, 4) is 0 Å². The molecule has 0 aromatic carbocycles. The standard InChI is InChI=1S/C7H9N3O3.C2HF3O2/c8-9-5(11)3-4-10-6(12)1-2-7(10)13;3-2(4,5)1(6)7/h1-2H,3-4,8H2,(H,9,11);(H,6,7)/p+1. The van der Waals surface area contributed by atoms with E-state index in [4.69, 9.17) is 9.90 Å². The quantitative estimate of drug-likeness (QED) is 0.418. The third kappa shape index (κ3) is 5.95. The highest BCUT2D eigenvalue weighted by Gasteiger charge is 2.38. The minimum atomic E-state index is -5.08. The molecule has 0 aliphatic carbocycles. The molecule has 5 N–H and O–H groups in total. The summed E-state index contributed by atoms with van der Waals surface area (Å²) in [7, 11) is 0. The van der Waals surface area contributed by atoms with E-state index in [2.05, 4.69) is 11.3 Å². The lowest BCUT2D eigenvalue weighted by molar-refractivity contribution is -0.427. The van der Waals surface area contributed by atoms with Gasteiger partial charge in [0.15, 0.2) is 0 Å². The molecule has 0 saturated heterocycles. The normalized spacial score (nSPS) is 13.9. The maximum atomic E-state index is 11.0. The number of hydrogen-bond acceptors (Lipinski definition) is 4. The summed E-state index contributed by atoms with van der Waals surface area (Å²) < 4.78 is 31.7. The number of amides is 3. The number of hydrogen-bond donors (Lipinski definition) is 3. The van der Waals surface area contributed by atoms with Gasteiger partial charge in [-0.15, -0.1) is 0 Å². The summed E-state index contributed by atoms with van der Waals surface area (Å²) in [6.07, 6.45) is -2.63. The van der Waals surface area contributed by atoms with E-state index < -0.39 is 12.1 Å². The number of quaternary nitrogens is 1. The van der Waals surface area contributed by atoms with E-state index in [1.807, 2.05) is 0 Å². The maximum absolute atomic E-state index is 11.0. The largest absolute Gasteiger partial charge is 0.490 e. The number of alkyl halides is 3. The molecule has 0 aromatic rings. The molecule has 0 radical (unpaired) electrons. The first-order valence-electron chi connectivity index (χ1n) is 4.99. The van der Waals surface area contributed by atoms with Crippen LogP contribution >= 0.6 is 0 Å². The second-order valence-electron chi connectivity index (χ2n) is 3.31. The van der Waals surface area contributed by atoms with Gasteiger partial charge in [0, 0.05) is 25.1 Å². The van der Waals surface area contributed by atoms with E-state index in [-0.39, 0.29) is 30.7 Å². The van der Waals surface area contributed by atoms with Crippen molar-refractivity contribution in [2.75, 3.05) is 6.54 Å². The molecular weight excluding hydrogens is 287 g/mol. The molecule has 0 fully saturated rings. The average molecular weight is 298 g/mol. The smallest absolute Gasteiger partial charge is 0.475 e. The Labute approximate surface area is 110 Å². The molecule has 0 atom stereocenters. The molecule has 3 amide bonds. The Morgan fingerprint density at radius 1 is 1.25 bits per heavy atom. The number of carboxylic acids is 1. The Morgan fingerprint density at radius 2 is 1.65 bits per heavy atom. The van der Waals surface area contributed by atoms with E-state index in [1.54, 1.807) is 0 Å². The van der Waals surface area contributed by atoms with Crippen molar-refractivity contribution in [3.05, 3.63) is 12.2 Å². The van der Waals surface area contributed by atoms with Crippen molar-refractivity contribution in [2.45, 2.75) is 12.6 Å².